The van der Waals surface area contributed by atoms with Gasteiger partial charge < -0.3 is 9.84 Å². The Bertz CT molecular complexity index is 1030. The summed E-state index contributed by atoms with van der Waals surface area (Å²) in [4.78, 5) is 13.0. The van der Waals surface area contributed by atoms with Crippen molar-refractivity contribution in [1.29, 1.82) is 0 Å². The zero-order chi connectivity index (χ0) is 25.1. The van der Waals surface area contributed by atoms with Crippen molar-refractivity contribution in [2.24, 2.45) is 34.0 Å². The van der Waals surface area contributed by atoms with Crippen LogP contribution in [0.5, 0.6) is 0 Å². The van der Waals surface area contributed by atoms with Gasteiger partial charge in [0.15, 0.2) is 5.79 Å². The number of fused-ring (bicyclic) bond motifs is 5. The quantitative estimate of drug-likeness (QED) is 0.296. The van der Waals surface area contributed by atoms with E-state index in [4.69, 9.17) is 4.74 Å². The highest BCUT2D eigenvalue weighted by Crippen LogP contribution is 2.70. The molecule has 0 spiro atoms. The smallest absolute Gasteiger partial charge is 0.169 e. The summed E-state index contributed by atoms with van der Waals surface area (Å²) in [7, 11) is 0. The Balaban J connectivity index is 1.35. The monoisotopic (exact) mass is 540 g/mol. The molecule has 0 radical (unpaired) electrons. The number of aliphatic hydroxyl groups is 1. The molecule has 3 fully saturated rings. The van der Waals surface area contributed by atoms with Crippen molar-refractivity contribution < 1.29 is 14.6 Å². The molecule has 4 heteroatoms. The van der Waals surface area contributed by atoms with E-state index >= 15 is 0 Å². The largest absolute Gasteiger partial charge is 0.365 e. The van der Waals surface area contributed by atoms with E-state index in [1.807, 2.05) is 37.3 Å². The minimum Gasteiger partial charge on any atom is -0.365 e. The van der Waals surface area contributed by atoms with Crippen molar-refractivity contribution in [3.63, 3.8) is 0 Å². The maximum Gasteiger partial charge on any atom is 0.169 e. The van der Waals surface area contributed by atoms with Crippen LogP contribution in [-0.4, -0.2) is 16.7 Å². The van der Waals surface area contributed by atoms with E-state index in [-0.39, 0.29) is 16.2 Å². The predicted octanol–water partition coefficient (Wildman–Crippen LogP) is 7.77. The molecule has 4 aliphatic carbocycles. The van der Waals surface area contributed by atoms with Gasteiger partial charge in [0, 0.05) is 22.7 Å². The summed E-state index contributed by atoms with van der Waals surface area (Å²) in [5.41, 5.74) is 2.43. The van der Waals surface area contributed by atoms with E-state index in [0.717, 1.165) is 48.6 Å². The highest BCUT2D eigenvalue weighted by molar-refractivity contribution is 9.10. The summed E-state index contributed by atoms with van der Waals surface area (Å²) in [6.07, 6.45) is 13.0. The maximum absolute atomic E-state index is 13.0. The van der Waals surface area contributed by atoms with Crippen molar-refractivity contribution in [1.82, 2.24) is 0 Å². The summed E-state index contributed by atoms with van der Waals surface area (Å²) in [6.45, 7) is 11.1. The van der Waals surface area contributed by atoms with Crippen molar-refractivity contribution in [3.8, 4) is 0 Å². The van der Waals surface area contributed by atoms with E-state index in [0.29, 0.717) is 43.0 Å². The number of hydrogen-bond acceptors (Lipinski definition) is 3. The fourth-order valence-corrected chi connectivity index (χ4v) is 9.24. The lowest BCUT2D eigenvalue weighted by molar-refractivity contribution is -0.231. The van der Waals surface area contributed by atoms with Crippen molar-refractivity contribution in [2.75, 3.05) is 0 Å². The molecule has 0 heterocycles. The van der Waals surface area contributed by atoms with Crippen LogP contribution in [0.25, 0.3) is 0 Å². The average Bonchev–Trinajstić information content (AvgIpc) is 3.13. The zero-order valence-corrected chi connectivity index (χ0v) is 23.2. The van der Waals surface area contributed by atoms with E-state index in [1.54, 1.807) is 0 Å². The average molecular weight is 542 g/mol. The van der Waals surface area contributed by atoms with E-state index in [2.05, 4.69) is 42.4 Å². The van der Waals surface area contributed by atoms with Gasteiger partial charge in [-0.15, -0.1) is 6.58 Å². The molecule has 0 saturated heterocycles. The van der Waals surface area contributed by atoms with Crippen molar-refractivity contribution in [3.05, 3.63) is 58.6 Å². The topological polar surface area (TPSA) is 46.5 Å². The summed E-state index contributed by atoms with van der Waals surface area (Å²) >= 11 is 3.48. The van der Waals surface area contributed by atoms with Crippen molar-refractivity contribution in [2.45, 2.75) is 91.0 Å². The summed E-state index contributed by atoms with van der Waals surface area (Å²) < 4.78 is 7.19. The Labute approximate surface area is 219 Å². The molecule has 7 atom stereocenters. The van der Waals surface area contributed by atoms with Crippen LogP contribution >= 0.6 is 15.9 Å². The van der Waals surface area contributed by atoms with Gasteiger partial charge in [-0.25, -0.2) is 0 Å². The van der Waals surface area contributed by atoms with Gasteiger partial charge in [-0.1, -0.05) is 59.6 Å². The Hall–Kier alpha value is -1.23. The SMILES string of the molecule is C=CC[C@@]1(C(C)=O)CCC2C3CC=C4C[C@@](O)(OCc5ccc(Br)cc5)CC[C@]4(C)C3CC[C@@]21C. The number of Topliss-reactive ketones (excluding diaryl/α,β-unsaturated/α-hetero) is 1. The zero-order valence-electron chi connectivity index (χ0n) is 21.6. The standard InChI is InChI=1S/C31H41BrO3/c1-5-14-30(21(2)33)16-13-27-25-11-8-23-19-31(34,35-20-22-6-9-24(32)10-7-22)18-17-28(23,3)26(25)12-15-29(27,30)4/h5-10,25-27,34H,1,11-20H2,2-4H3/t25?,26?,27?,28-,29-,30-,31-/m0/s1. The molecule has 190 valence electrons. The fourth-order valence-electron chi connectivity index (χ4n) is 8.98. The number of benzene rings is 1. The second kappa shape index (κ2) is 8.96. The third-order valence-electron chi connectivity index (χ3n) is 11.1. The molecule has 3 unspecified atom stereocenters. The molecule has 0 bridgehead atoms. The highest BCUT2D eigenvalue weighted by atomic mass is 79.9. The molecule has 3 nitrogen and oxygen atoms in total. The number of ether oxygens (including phenoxy) is 1. The molecule has 0 amide bonds. The number of halogens is 1. The summed E-state index contributed by atoms with van der Waals surface area (Å²) in [5, 5.41) is 11.4. The van der Waals surface area contributed by atoms with Crippen LogP contribution < -0.4 is 0 Å². The molecule has 1 aromatic carbocycles. The van der Waals surface area contributed by atoms with Gasteiger partial charge in [0.2, 0.25) is 0 Å². The first-order chi connectivity index (χ1) is 16.6. The molecule has 1 aromatic rings. The lowest BCUT2D eigenvalue weighted by Crippen LogP contribution is -2.55. The molecule has 0 aliphatic heterocycles. The third-order valence-corrected chi connectivity index (χ3v) is 11.6. The molecule has 35 heavy (non-hydrogen) atoms. The molecule has 5 rings (SSSR count). The molecular formula is C31H41BrO3. The number of ketones is 1. The van der Waals surface area contributed by atoms with Crippen LogP contribution in [0.4, 0.5) is 0 Å². The van der Waals surface area contributed by atoms with Gasteiger partial charge in [-0.3, -0.25) is 4.79 Å². The normalized spacial score (nSPS) is 42.4. The number of rotatable bonds is 6. The summed E-state index contributed by atoms with van der Waals surface area (Å²) in [6, 6.07) is 8.11. The molecule has 4 aliphatic rings. The number of allylic oxidation sites excluding steroid dienone is 2. The predicted molar refractivity (Wildman–Crippen MR) is 144 cm³/mol. The molecule has 3 saturated carbocycles. The lowest BCUT2D eigenvalue weighted by atomic mass is 9.45. The Morgan fingerprint density at radius 2 is 1.86 bits per heavy atom. The van der Waals surface area contributed by atoms with Gasteiger partial charge in [-0.2, -0.15) is 0 Å². The van der Waals surface area contributed by atoms with Crippen LogP contribution in [0.15, 0.2) is 53.0 Å². The van der Waals surface area contributed by atoms with Gasteiger partial charge in [-0.05, 0) is 98.1 Å². The lowest BCUT2D eigenvalue weighted by Gasteiger charge is -2.60. The maximum atomic E-state index is 13.0. The first-order valence-corrected chi connectivity index (χ1v) is 14.3. The second-order valence-corrected chi connectivity index (χ2v) is 13.3. The first kappa shape index (κ1) is 25.4. The molecular weight excluding hydrogens is 500 g/mol. The van der Waals surface area contributed by atoms with Crippen LogP contribution in [0, 0.1) is 34.0 Å². The third kappa shape index (κ3) is 3.94. The molecule has 1 N–H and O–H groups in total. The van der Waals surface area contributed by atoms with Crippen LogP contribution in [0.1, 0.15) is 84.1 Å². The van der Waals surface area contributed by atoms with Crippen LogP contribution in [0.2, 0.25) is 0 Å². The summed E-state index contributed by atoms with van der Waals surface area (Å²) in [5.74, 6) is 1.13. The number of carbonyl (C=O) groups excluding carboxylic acids is 1. The van der Waals surface area contributed by atoms with Crippen LogP contribution in [-0.2, 0) is 16.1 Å². The highest BCUT2D eigenvalue weighted by Gasteiger charge is 2.65. The van der Waals surface area contributed by atoms with E-state index < -0.39 is 5.79 Å². The minimum atomic E-state index is -1.09. The molecule has 0 aromatic heterocycles. The van der Waals surface area contributed by atoms with Crippen LogP contribution in [0.3, 0.4) is 0 Å². The van der Waals surface area contributed by atoms with Gasteiger partial charge in [0.05, 0.1) is 6.61 Å². The van der Waals surface area contributed by atoms with E-state index in [1.165, 1.54) is 12.0 Å². The van der Waals surface area contributed by atoms with Gasteiger partial charge >= 0.3 is 0 Å². The Kier molecular flexibility index (Phi) is 6.51. The first-order valence-electron chi connectivity index (χ1n) is 13.5. The second-order valence-electron chi connectivity index (χ2n) is 12.4. The van der Waals surface area contributed by atoms with E-state index in [9.17, 15) is 9.90 Å². The van der Waals surface area contributed by atoms with Crippen molar-refractivity contribution >= 4 is 21.7 Å². The number of carbonyl (C=O) groups is 1. The minimum absolute atomic E-state index is 0.0685. The van der Waals surface area contributed by atoms with Gasteiger partial charge in [0.25, 0.3) is 0 Å². The Morgan fingerprint density at radius 3 is 2.54 bits per heavy atom. The fraction of sp³-hybridized carbons (Fsp3) is 0.645. The Morgan fingerprint density at radius 1 is 1.14 bits per heavy atom. The van der Waals surface area contributed by atoms with Gasteiger partial charge in [0.1, 0.15) is 5.78 Å². The number of hydrogen-bond donors (Lipinski definition) is 1.